The van der Waals surface area contributed by atoms with Crippen LogP contribution in [0.4, 0.5) is 5.82 Å². The highest BCUT2D eigenvalue weighted by Crippen LogP contribution is 2.35. The smallest absolute Gasteiger partial charge is 0.138 e. The van der Waals surface area contributed by atoms with E-state index < -0.39 is 0 Å². The lowest BCUT2D eigenvalue weighted by molar-refractivity contribution is -0.118. The van der Waals surface area contributed by atoms with Gasteiger partial charge in [-0.3, -0.25) is 4.79 Å². The van der Waals surface area contributed by atoms with Crippen LogP contribution < -0.4 is 5.32 Å². The summed E-state index contributed by atoms with van der Waals surface area (Å²) in [5, 5.41) is 4.57. The number of Topliss-reactive ketones (excluding diaryl/α,β-unsaturated/α-hetero) is 1. The van der Waals surface area contributed by atoms with Gasteiger partial charge in [0.25, 0.3) is 0 Å². The summed E-state index contributed by atoms with van der Waals surface area (Å²) in [5.74, 6) is 1.77. The van der Waals surface area contributed by atoms with E-state index in [1.165, 1.54) is 20.9 Å². The number of fused-ring (bicyclic) bond motifs is 1. The Hall–Kier alpha value is -3.09. The zero-order valence-corrected chi connectivity index (χ0v) is 21.4. The molecule has 5 nitrogen and oxygen atoms in total. The molecule has 0 bridgehead atoms. The second kappa shape index (κ2) is 10.5. The van der Waals surface area contributed by atoms with Gasteiger partial charge in [-0.25, -0.2) is 9.97 Å². The van der Waals surface area contributed by atoms with Crippen LogP contribution in [0.15, 0.2) is 54.6 Å². The summed E-state index contributed by atoms with van der Waals surface area (Å²) in [4.78, 5) is 26.0. The molecule has 2 heterocycles. The van der Waals surface area contributed by atoms with Crippen LogP contribution >= 0.6 is 11.3 Å². The fourth-order valence-corrected chi connectivity index (χ4v) is 5.18. The summed E-state index contributed by atoms with van der Waals surface area (Å²) in [7, 11) is 4.19. The number of rotatable bonds is 9. The van der Waals surface area contributed by atoms with E-state index in [9.17, 15) is 4.79 Å². The van der Waals surface area contributed by atoms with Crippen LogP contribution in [0.5, 0.6) is 0 Å². The van der Waals surface area contributed by atoms with Gasteiger partial charge < -0.3 is 10.2 Å². The Morgan fingerprint density at radius 3 is 2.65 bits per heavy atom. The number of aromatic nitrogens is 2. The van der Waals surface area contributed by atoms with E-state index in [0.29, 0.717) is 12.8 Å². The van der Waals surface area contributed by atoms with Gasteiger partial charge in [0.15, 0.2) is 0 Å². The number of thiophene rings is 1. The molecule has 34 heavy (non-hydrogen) atoms. The molecule has 0 radical (unpaired) electrons. The largest absolute Gasteiger partial charge is 0.362 e. The summed E-state index contributed by atoms with van der Waals surface area (Å²) in [5.41, 5.74) is 4.50. The molecule has 1 unspecified atom stereocenters. The molecule has 0 aliphatic carbocycles. The maximum atomic E-state index is 12.0. The summed E-state index contributed by atoms with van der Waals surface area (Å²) >= 11 is 1.81. The SMILES string of the molecule is CCC(=O)Cc1ccc2nc(C)nc(NC(C)c3ccc(-c4ccccc4CN(C)C)s3)c2c1. The molecular weight excluding hydrogens is 440 g/mol. The molecule has 0 spiro atoms. The topological polar surface area (TPSA) is 58.1 Å². The van der Waals surface area contributed by atoms with Crippen molar-refractivity contribution in [1.29, 1.82) is 0 Å². The highest BCUT2D eigenvalue weighted by atomic mass is 32.1. The van der Waals surface area contributed by atoms with Gasteiger partial charge in [-0.15, -0.1) is 11.3 Å². The molecule has 2 aromatic heterocycles. The van der Waals surface area contributed by atoms with Gasteiger partial charge in [0.05, 0.1) is 11.6 Å². The number of anilines is 1. The second-order valence-electron chi connectivity index (χ2n) is 9.00. The van der Waals surface area contributed by atoms with Gasteiger partial charge in [0.2, 0.25) is 0 Å². The molecule has 2 aromatic carbocycles. The zero-order valence-electron chi connectivity index (χ0n) is 20.6. The maximum Gasteiger partial charge on any atom is 0.138 e. The van der Waals surface area contributed by atoms with E-state index in [0.717, 1.165) is 34.7 Å². The van der Waals surface area contributed by atoms with Crippen LogP contribution in [0, 0.1) is 6.92 Å². The van der Waals surface area contributed by atoms with Gasteiger partial charge in [0.1, 0.15) is 17.4 Å². The highest BCUT2D eigenvalue weighted by Gasteiger charge is 2.15. The average molecular weight is 473 g/mol. The van der Waals surface area contributed by atoms with Gasteiger partial charge in [0, 0.05) is 34.5 Å². The number of aryl methyl sites for hydroxylation is 1. The summed E-state index contributed by atoms with van der Waals surface area (Å²) in [6, 6.07) is 19.1. The number of hydrogen-bond acceptors (Lipinski definition) is 6. The van der Waals surface area contributed by atoms with Crippen molar-refractivity contribution in [3.63, 3.8) is 0 Å². The lowest BCUT2D eigenvalue weighted by Gasteiger charge is -2.16. The molecule has 176 valence electrons. The predicted molar refractivity (Wildman–Crippen MR) is 142 cm³/mol. The van der Waals surface area contributed by atoms with Crippen molar-refractivity contribution in [1.82, 2.24) is 14.9 Å². The van der Waals surface area contributed by atoms with Gasteiger partial charge >= 0.3 is 0 Å². The van der Waals surface area contributed by atoms with Crippen LogP contribution in [0.2, 0.25) is 0 Å². The number of nitrogens with one attached hydrogen (secondary N) is 1. The predicted octanol–water partition coefficient (Wildman–Crippen LogP) is 6.42. The average Bonchev–Trinajstić information content (AvgIpc) is 3.29. The molecule has 1 atom stereocenters. The molecule has 0 saturated heterocycles. The Balaban J connectivity index is 1.62. The third-order valence-corrected chi connectivity index (χ3v) is 7.15. The number of carbonyl (C=O) groups is 1. The molecule has 0 aliphatic heterocycles. The monoisotopic (exact) mass is 472 g/mol. The molecule has 4 rings (SSSR count). The van der Waals surface area contributed by atoms with Crippen molar-refractivity contribution in [2.75, 3.05) is 19.4 Å². The van der Waals surface area contributed by atoms with E-state index >= 15 is 0 Å². The molecule has 0 aliphatic rings. The standard InChI is InChI=1S/C28H32N4OS/c1-6-22(33)15-20-11-12-25-24(16-20)28(31-19(3)30-25)29-18(2)26-13-14-27(34-26)23-10-8-7-9-21(23)17-32(4)5/h7-14,16,18H,6,15,17H2,1-5H3,(H,29,30,31). The van der Waals surface area contributed by atoms with E-state index in [1.54, 1.807) is 0 Å². The fourth-order valence-electron chi connectivity index (χ4n) is 4.11. The van der Waals surface area contributed by atoms with Crippen molar-refractivity contribution in [2.45, 2.75) is 46.2 Å². The lowest BCUT2D eigenvalue weighted by atomic mass is 10.0. The normalized spacial score (nSPS) is 12.3. The first-order valence-electron chi connectivity index (χ1n) is 11.7. The first-order chi connectivity index (χ1) is 16.3. The van der Waals surface area contributed by atoms with Crippen LogP contribution in [-0.4, -0.2) is 34.7 Å². The summed E-state index contributed by atoms with van der Waals surface area (Å²) < 4.78 is 0. The third-order valence-electron chi connectivity index (χ3n) is 5.84. The van der Waals surface area contributed by atoms with Crippen LogP contribution in [0.1, 0.15) is 48.1 Å². The Kier molecular flexibility index (Phi) is 7.39. The van der Waals surface area contributed by atoms with E-state index in [-0.39, 0.29) is 11.8 Å². The fraction of sp³-hybridized carbons (Fsp3) is 0.321. The minimum absolute atomic E-state index is 0.0817. The molecule has 0 amide bonds. The Labute approximate surface area is 205 Å². The van der Waals surface area contributed by atoms with E-state index in [4.69, 9.17) is 4.98 Å². The highest BCUT2D eigenvalue weighted by molar-refractivity contribution is 7.15. The third kappa shape index (κ3) is 5.51. The van der Waals surface area contributed by atoms with Crippen molar-refractivity contribution in [3.8, 4) is 10.4 Å². The maximum absolute atomic E-state index is 12.0. The van der Waals surface area contributed by atoms with Crippen LogP contribution in [-0.2, 0) is 17.8 Å². The second-order valence-corrected chi connectivity index (χ2v) is 10.1. The molecule has 1 N–H and O–H groups in total. The molecular formula is C28H32N4OS. The number of benzene rings is 2. The summed E-state index contributed by atoms with van der Waals surface area (Å²) in [6.07, 6.45) is 0.985. The number of hydrogen-bond donors (Lipinski definition) is 1. The molecule has 6 heteroatoms. The Morgan fingerprint density at radius 1 is 1.09 bits per heavy atom. The van der Waals surface area contributed by atoms with Crippen molar-refractivity contribution < 1.29 is 4.79 Å². The number of nitrogens with zero attached hydrogens (tertiary/aromatic N) is 3. The van der Waals surface area contributed by atoms with Gasteiger partial charge in [-0.1, -0.05) is 37.3 Å². The van der Waals surface area contributed by atoms with Gasteiger partial charge in [-0.05, 0) is 68.9 Å². The quantitative estimate of drug-likeness (QED) is 0.304. The van der Waals surface area contributed by atoms with Gasteiger partial charge in [-0.2, -0.15) is 0 Å². The number of ketones is 1. The molecule has 4 aromatic rings. The minimum Gasteiger partial charge on any atom is -0.362 e. The van der Waals surface area contributed by atoms with E-state index in [1.807, 2.05) is 37.3 Å². The van der Waals surface area contributed by atoms with Crippen molar-refractivity contribution in [3.05, 3.63) is 76.4 Å². The van der Waals surface area contributed by atoms with Crippen molar-refractivity contribution >= 4 is 33.8 Å². The van der Waals surface area contributed by atoms with Crippen LogP contribution in [0.25, 0.3) is 21.3 Å². The molecule has 0 fully saturated rings. The molecule has 0 saturated carbocycles. The minimum atomic E-state index is 0.0817. The Bertz CT molecular complexity index is 1310. The first kappa shape index (κ1) is 24.0. The van der Waals surface area contributed by atoms with Crippen LogP contribution in [0.3, 0.4) is 0 Å². The lowest BCUT2D eigenvalue weighted by Crippen LogP contribution is -2.11. The van der Waals surface area contributed by atoms with E-state index in [2.05, 4.69) is 78.7 Å². The number of carbonyl (C=O) groups excluding carboxylic acids is 1. The summed E-state index contributed by atoms with van der Waals surface area (Å²) in [6.45, 7) is 6.88. The Morgan fingerprint density at radius 2 is 1.88 bits per heavy atom. The first-order valence-corrected chi connectivity index (χ1v) is 12.5. The zero-order chi connectivity index (χ0) is 24.2. The van der Waals surface area contributed by atoms with Crippen molar-refractivity contribution in [2.24, 2.45) is 0 Å².